The summed E-state index contributed by atoms with van der Waals surface area (Å²) in [7, 11) is 0. The summed E-state index contributed by atoms with van der Waals surface area (Å²) in [5, 5.41) is 1.48. The fourth-order valence-electron chi connectivity index (χ4n) is 2.87. The quantitative estimate of drug-likeness (QED) is 0.798. The Morgan fingerprint density at radius 2 is 1.88 bits per heavy atom. The molecule has 2 aromatic rings. The fourth-order valence-corrected chi connectivity index (χ4v) is 2.87. The van der Waals surface area contributed by atoms with E-state index >= 15 is 0 Å². The molecule has 16 heavy (non-hydrogen) atoms. The maximum Gasteiger partial charge on any atom is 0.0461 e. The van der Waals surface area contributed by atoms with Gasteiger partial charge in [0.25, 0.3) is 0 Å². The van der Waals surface area contributed by atoms with Crippen molar-refractivity contribution < 1.29 is 0 Å². The zero-order chi connectivity index (χ0) is 11.1. The standard InChI is InChI=1S/C15H19N/c1-3-5-14-12(4-2)13-8-10-6-7-11(10)9-15(13)16-14/h8-9,16H,3-7H2,1-2H3. The summed E-state index contributed by atoms with van der Waals surface area (Å²) >= 11 is 0. The Hall–Kier alpha value is -1.24. The third-order valence-corrected chi connectivity index (χ3v) is 3.83. The van der Waals surface area contributed by atoms with Gasteiger partial charge in [0.1, 0.15) is 0 Å². The molecule has 3 rings (SSSR count). The molecule has 0 amide bonds. The van der Waals surface area contributed by atoms with E-state index < -0.39 is 0 Å². The van der Waals surface area contributed by atoms with Crippen molar-refractivity contribution in [1.82, 2.24) is 4.98 Å². The highest BCUT2D eigenvalue weighted by atomic mass is 14.7. The maximum atomic E-state index is 3.62. The number of aryl methyl sites for hydroxylation is 4. The van der Waals surface area contributed by atoms with Crippen LogP contribution >= 0.6 is 0 Å². The van der Waals surface area contributed by atoms with Gasteiger partial charge in [-0.15, -0.1) is 0 Å². The smallest absolute Gasteiger partial charge is 0.0461 e. The summed E-state index contributed by atoms with van der Waals surface area (Å²) < 4.78 is 0. The van der Waals surface area contributed by atoms with E-state index in [-0.39, 0.29) is 0 Å². The third kappa shape index (κ3) is 1.31. The number of fused-ring (bicyclic) bond motifs is 2. The average Bonchev–Trinajstić information content (AvgIpc) is 2.58. The molecule has 0 saturated heterocycles. The highest BCUT2D eigenvalue weighted by Crippen LogP contribution is 2.32. The van der Waals surface area contributed by atoms with Crippen LogP contribution in [0.3, 0.4) is 0 Å². The van der Waals surface area contributed by atoms with Crippen LogP contribution in [0.15, 0.2) is 12.1 Å². The van der Waals surface area contributed by atoms with Crippen molar-refractivity contribution in [2.24, 2.45) is 0 Å². The maximum absolute atomic E-state index is 3.62. The lowest BCUT2D eigenvalue weighted by Crippen LogP contribution is -2.07. The first-order chi connectivity index (χ1) is 7.83. The molecular weight excluding hydrogens is 194 g/mol. The van der Waals surface area contributed by atoms with Gasteiger partial charge in [0.2, 0.25) is 0 Å². The molecule has 1 heteroatoms. The number of benzene rings is 1. The zero-order valence-corrected chi connectivity index (χ0v) is 10.2. The monoisotopic (exact) mass is 213 g/mol. The summed E-state index contributed by atoms with van der Waals surface area (Å²) in [5.41, 5.74) is 7.50. The summed E-state index contributed by atoms with van der Waals surface area (Å²) in [5.74, 6) is 0. The predicted molar refractivity (Wildman–Crippen MR) is 69.1 cm³/mol. The van der Waals surface area contributed by atoms with E-state index in [1.807, 2.05) is 0 Å². The minimum absolute atomic E-state index is 1.15. The lowest BCUT2D eigenvalue weighted by atomic mass is 9.87. The van der Waals surface area contributed by atoms with E-state index in [0.29, 0.717) is 0 Å². The molecule has 1 aliphatic carbocycles. The molecule has 0 bridgehead atoms. The third-order valence-electron chi connectivity index (χ3n) is 3.83. The number of H-pyrrole nitrogens is 1. The van der Waals surface area contributed by atoms with E-state index in [4.69, 9.17) is 0 Å². The van der Waals surface area contributed by atoms with E-state index in [9.17, 15) is 0 Å². The van der Waals surface area contributed by atoms with Gasteiger partial charge < -0.3 is 4.98 Å². The minimum atomic E-state index is 1.15. The Labute approximate surface area is 96.9 Å². The first-order valence-corrected chi connectivity index (χ1v) is 6.48. The number of hydrogen-bond acceptors (Lipinski definition) is 0. The molecule has 1 aromatic heterocycles. The molecule has 84 valence electrons. The second kappa shape index (κ2) is 3.65. The number of hydrogen-bond donors (Lipinski definition) is 1. The lowest BCUT2D eigenvalue weighted by molar-refractivity contribution is 0.843. The molecule has 0 aliphatic heterocycles. The van der Waals surface area contributed by atoms with Crippen molar-refractivity contribution in [2.45, 2.75) is 46.0 Å². The van der Waals surface area contributed by atoms with Gasteiger partial charge in [-0.05, 0) is 54.5 Å². The molecule has 1 heterocycles. The number of nitrogens with one attached hydrogen (secondary N) is 1. The van der Waals surface area contributed by atoms with Crippen molar-refractivity contribution in [3.05, 3.63) is 34.5 Å². The fraction of sp³-hybridized carbons (Fsp3) is 0.467. The van der Waals surface area contributed by atoms with Gasteiger partial charge in [-0.2, -0.15) is 0 Å². The van der Waals surface area contributed by atoms with Gasteiger partial charge in [0.05, 0.1) is 0 Å². The van der Waals surface area contributed by atoms with Crippen LogP contribution < -0.4 is 0 Å². The van der Waals surface area contributed by atoms with Crippen LogP contribution in [-0.4, -0.2) is 4.98 Å². The molecule has 0 fully saturated rings. The lowest BCUT2D eigenvalue weighted by Gasteiger charge is -2.18. The van der Waals surface area contributed by atoms with Gasteiger partial charge in [0, 0.05) is 16.6 Å². The van der Waals surface area contributed by atoms with E-state index in [1.165, 1.54) is 42.3 Å². The largest absolute Gasteiger partial charge is 0.358 e. The second-order valence-corrected chi connectivity index (χ2v) is 4.85. The topological polar surface area (TPSA) is 15.8 Å². The van der Waals surface area contributed by atoms with Crippen LogP contribution in [0.5, 0.6) is 0 Å². The summed E-state index contributed by atoms with van der Waals surface area (Å²) in [6, 6.07) is 4.79. The summed E-state index contributed by atoms with van der Waals surface area (Å²) in [6.07, 6.45) is 6.10. The number of rotatable bonds is 3. The molecule has 0 spiro atoms. The Morgan fingerprint density at radius 3 is 2.50 bits per heavy atom. The normalized spacial score (nSPS) is 13.9. The van der Waals surface area contributed by atoms with Crippen molar-refractivity contribution in [1.29, 1.82) is 0 Å². The van der Waals surface area contributed by atoms with Gasteiger partial charge >= 0.3 is 0 Å². The Balaban J connectivity index is 2.21. The summed E-state index contributed by atoms with van der Waals surface area (Å²) in [6.45, 7) is 4.51. The van der Waals surface area contributed by atoms with Crippen LogP contribution in [0.25, 0.3) is 10.9 Å². The molecule has 1 nitrogen and oxygen atoms in total. The number of aromatic amines is 1. The first kappa shape index (κ1) is 9.95. The van der Waals surface area contributed by atoms with Crippen LogP contribution in [-0.2, 0) is 25.7 Å². The van der Waals surface area contributed by atoms with E-state index in [0.717, 1.165) is 6.42 Å². The molecule has 0 radical (unpaired) electrons. The van der Waals surface area contributed by atoms with E-state index in [2.05, 4.69) is 31.0 Å². The van der Waals surface area contributed by atoms with Crippen LogP contribution in [0.1, 0.15) is 42.7 Å². The highest BCUT2D eigenvalue weighted by molar-refractivity contribution is 5.87. The Kier molecular flexibility index (Phi) is 2.27. The van der Waals surface area contributed by atoms with Crippen molar-refractivity contribution in [2.75, 3.05) is 0 Å². The molecule has 0 saturated carbocycles. The van der Waals surface area contributed by atoms with Gasteiger partial charge in [-0.25, -0.2) is 0 Å². The molecule has 0 atom stereocenters. The van der Waals surface area contributed by atoms with Gasteiger partial charge in [-0.1, -0.05) is 20.3 Å². The average molecular weight is 213 g/mol. The van der Waals surface area contributed by atoms with Gasteiger partial charge in [0.15, 0.2) is 0 Å². The summed E-state index contributed by atoms with van der Waals surface area (Å²) in [4.78, 5) is 3.62. The van der Waals surface area contributed by atoms with E-state index in [1.54, 1.807) is 16.7 Å². The minimum Gasteiger partial charge on any atom is -0.358 e. The molecule has 0 unspecified atom stereocenters. The molecule has 1 aliphatic rings. The van der Waals surface area contributed by atoms with Crippen LogP contribution in [0.2, 0.25) is 0 Å². The van der Waals surface area contributed by atoms with Crippen molar-refractivity contribution >= 4 is 10.9 Å². The van der Waals surface area contributed by atoms with Crippen molar-refractivity contribution in [3.63, 3.8) is 0 Å². The number of aromatic nitrogens is 1. The van der Waals surface area contributed by atoms with Gasteiger partial charge in [-0.3, -0.25) is 0 Å². The Bertz CT molecular complexity index is 534. The van der Waals surface area contributed by atoms with Crippen LogP contribution in [0, 0.1) is 0 Å². The first-order valence-electron chi connectivity index (χ1n) is 6.48. The zero-order valence-electron chi connectivity index (χ0n) is 10.2. The molecule has 1 N–H and O–H groups in total. The Morgan fingerprint density at radius 1 is 1.12 bits per heavy atom. The van der Waals surface area contributed by atoms with Crippen LogP contribution in [0.4, 0.5) is 0 Å². The molecule has 1 aromatic carbocycles. The predicted octanol–water partition coefficient (Wildman–Crippen LogP) is 3.78. The molecular formula is C15H19N. The van der Waals surface area contributed by atoms with Crippen molar-refractivity contribution in [3.8, 4) is 0 Å². The second-order valence-electron chi connectivity index (χ2n) is 4.85. The highest BCUT2D eigenvalue weighted by Gasteiger charge is 2.17. The SMILES string of the molecule is CCCc1[nH]c2cc3c(cc2c1CC)CC3.